The van der Waals surface area contributed by atoms with Gasteiger partial charge in [0.2, 0.25) is 5.89 Å². The molecule has 6 nitrogen and oxygen atoms in total. The number of aryl methyl sites for hydroxylation is 1. The molecule has 0 unspecified atom stereocenters. The van der Waals surface area contributed by atoms with Gasteiger partial charge in [-0.3, -0.25) is 0 Å². The standard InChI is InChI=1S/C16H16N4O2S/c1-10-7-14(17)20-16(19-10)23-9-15-18-8-13(22-15)11-5-3-4-6-12(11)21-2/h3-8H,9H2,1-2H3,(H2,17,19,20). The molecule has 1 aromatic carbocycles. The Morgan fingerprint density at radius 3 is 2.87 bits per heavy atom. The quantitative estimate of drug-likeness (QED) is 0.568. The van der Waals surface area contributed by atoms with Crippen molar-refractivity contribution in [1.29, 1.82) is 0 Å². The van der Waals surface area contributed by atoms with Gasteiger partial charge in [0.1, 0.15) is 11.6 Å². The largest absolute Gasteiger partial charge is 0.496 e. The molecular weight excluding hydrogens is 312 g/mol. The number of nitrogen functional groups attached to an aromatic ring is 1. The van der Waals surface area contributed by atoms with Gasteiger partial charge < -0.3 is 14.9 Å². The molecule has 0 saturated heterocycles. The number of hydrogen-bond donors (Lipinski definition) is 1. The summed E-state index contributed by atoms with van der Waals surface area (Å²) in [6.07, 6.45) is 1.69. The van der Waals surface area contributed by atoms with Crippen molar-refractivity contribution < 1.29 is 9.15 Å². The Balaban J connectivity index is 1.75. The van der Waals surface area contributed by atoms with E-state index in [-0.39, 0.29) is 0 Å². The third kappa shape index (κ3) is 3.62. The molecule has 0 aliphatic rings. The van der Waals surface area contributed by atoms with Crippen LogP contribution >= 0.6 is 11.8 Å². The summed E-state index contributed by atoms with van der Waals surface area (Å²) >= 11 is 1.43. The lowest BCUT2D eigenvalue weighted by atomic mass is 10.1. The number of hydrogen-bond acceptors (Lipinski definition) is 7. The summed E-state index contributed by atoms with van der Waals surface area (Å²) < 4.78 is 11.1. The maximum Gasteiger partial charge on any atom is 0.205 e. The van der Waals surface area contributed by atoms with Gasteiger partial charge in [0.25, 0.3) is 0 Å². The van der Waals surface area contributed by atoms with E-state index >= 15 is 0 Å². The second-order valence-electron chi connectivity index (χ2n) is 4.82. The Kier molecular flexibility index (Phi) is 4.47. The Bertz CT molecular complexity index is 799. The maximum atomic E-state index is 5.80. The van der Waals surface area contributed by atoms with E-state index in [0.717, 1.165) is 17.0 Å². The van der Waals surface area contributed by atoms with Crippen molar-refractivity contribution in [2.24, 2.45) is 0 Å². The topological polar surface area (TPSA) is 87.1 Å². The van der Waals surface area contributed by atoms with Crippen molar-refractivity contribution in [3.63, 3.8) is 0 Å². The molecule has 0 fully saturated rings. The molecule has 0 amide bonds. The van der Waals surface area contributed by atoms with Gasteiger partial charge in [0, 0.05) is 11.8 Å². The van der Waals surface area contributed by atoms with Gasteiger partial charge in [0.15, 0.2) is 10.9 Å². The zero-order chi connectivity index (χ0) is 16.2. The molecule has 0 bridgehead atoms. The van der Waals surface area contributed by atoms with Crippen molar-refractivity contribution in [1.82, 2.24) is 15.0 Å². The van der Waals surface area contributed by atoms with Crippen LogP contribution in [-0.4, -0.2) is 22.1 Å². The highest BCUT2D eigenvalue weighted by atomic mass is 32.2. The van der Waals surface area contributed by atoms with Crippen molar-refractivity contribution in [2.75, 3.05) is 12.8 Å². The first-order chi connectivity index (χ1) is 11.2. The Morgan fingerprint density at radius 1 is 1.26 bits per heavy atom. The first-order valence-corrected chi connectivity index (χ1v) is 7.96. The molecule has 0 saturated carbocycles. The van der Waals surface area contributed by atoms with E-state index in [1.165, 1.54) is 11.8 Å². The molecule has 7 heteroatoms. The number of benzene rings is 1. The molecular formula is C16H16N4O2S. The molecule has 0 atom stereocenters. The number of thioether (sulfide) groups is 1. The van der Waals surface area contributed by atoms with Crippen LogP contribution in [0.25, 0.3) is 11.3 Å². The number of oxazole rings is 1. The highest BCUT2D eigenvalue weighted by Crippen LogP contribution is 2.31. The first-order valence-electron chi connectivity index (χ1n) is 6.98. The number of aromatic nitrogens is 3. The Hall–Kier alpha value is -2.54. The fourth-order valence-electron chi connectivity index (χ4n) is 2.11. The second kappa shape index (κ2) is 6.70. The molecule has 2 heterocycles. The van der Waals surface area contributed by atoms with Crippen LogP contribution in [0, 0.1) is 6.92 Å². The SMILES string of the molecule is COc1ccccc1-c1cnc(CSc2nc(C)cc(N)n2)o1. The number of nitrogens with zero attached hydrogens (tertiary/aromatic N) is 3. The lowest BCUT2D eigenvalue weighted by Gasteiger charge is -2.04. The molecule has 0 aliphatic heterocycles. The fraction of sp³-hybridized carbons (Fsp3) is 0.188. The number of methoxy groups -OCH3 is 1. The average molecular weight is 328 g/mol. The summed E-state index contributed by atoms with van der Waals surface area (Å²) in [6.45, 7) is 1.88. The monoisotopic (exact) mass is 328 g/mol. The van der Waals surface area contributed by atoms with Crippen LogP contribution in [0.5, 0.6) is 5.75 Å². The van der Waals surface area contributed by atoms with Crippen LogP contribution in [0.15, 0.2) is 46.1 Å². The summed E-state index contributed by atoms with van der Waals surface area (Å²) in [5.74, 6) is 3.00. The lowest BCUT2D eigenvalue weighted by molar-refractivity contribution is 0.414. The van der Waals surface area contributed by atoms with E-state index in [0.29, 0.717) is 28.4 Å². The molecule has 3 aromatic rings. The van der Waals surface area contributed by atoms with Crippen LogP contribution < -0.4 is 10.5 Å². The van der Waals surface area contributed by atoms with Crippen molar-refractivity contribution in [3.8, 4) is 17.1 Å². The highest BCUT2D eigenvalue weighted by molar-refractivity contribution is 7.98. The molecule has 23 heavy (non-hydrogen) atoms. The number of ether oxygens (including phenoxy) is 1. The minimum absolute atomic E-state index is 0.460. The Morgan fingerprint density at radius 2 is 2.09 bits per heavy atom. The third-order valence-corrected chi connectivity index (χ3v) is 3.94. The van der Waals surface area contributed by atoms with Crippen LogP contribution in [0.1, 0.15) is 11.6 Å². The smallest absolute Gasteiger partial charge is 0.205 e. The molecule has 3 rings (SSSR count). The minimum atomic E-state index is 0.460. The van der Waals surface area contributed by atoms with Gasteiger partial charge in [-0.05, 0) is 19.1 Å². The van der Waals surface area contributed by atoms with Crippen molar-refractivity contribution in [2.45, 2.75) is 17.8 Å². The predicted molar refractivity (Wildman–Crippen MR) is 89.2 cm³/mol. The van der Waals surface area contributed by atoms with E-state index in [4.69, 9.17) is 14.9 Å². The first kappa shape index (κ1) is 15.4. The van der Waals surface area contributed by atoms with Gasteiger partial charge >= 0.3 is 0 Å². The van der Waals surface area contributed by atoms with E-state index in [9.17, 15) is 0 Å². The number of anilines is 1. The van der Waals surface area contributed by atoms with Crippen LogP contribution in [0.4, 0.5) is 5.82 Å². The summed E-state index contributed by atoms with van der Waals surface area (Å²) in [5, 5.41) is 0.611. The van der Waals surface area contributed by atoms with Crippen LogP contribution in [0.3, 0.4) is 0 Å². The summed E-state index contributed by atoms with van der Waals surface area (Å²) in [5.41, 5.74) is 7.43. The molecule has 2 N–H and O–H groups in total. The fourth-order valence-corrected chi connectivity index (χ4v) is 2.87. The number of rotatable bonds is 5. The van der Waals surface area contributed by atoms with Crippen LogP contribution in [-0.2, 0) is 5.75 Å². The van der Waals surface area contributed by atoms with Gasteiger partial charge in [-0.1, -0.05) is 23.9 Å². The summed E-state index contributed by atoms with van der Waals surface area (Å²) in [4.78, 5) is 12.8. The van der Waals surface area contributed by atoms with Gasteiger partial charge in [-0.2, -0.15) is 0 Å². The molecule has 118 valence electrons. The molecule has 0 radical (unpaired) electrons. The van der Waals surface area contributed by atoms with Gasteiger partial charge in [0.05, 0.1) is 24.6 Å². The Labute approximate surface area is 138 Å². The van der Waals surface area contributed by atoms with E-state index in [1.807, 2.05) is 31.2 Å². The molecule has 0 spiro atoms. The zero-order valence-corrected chi connectivity index (χ0v) is 13.6. The van der Waals surface area contributed by atoms with E-state index < -0.39 is 0 Å². The highest BCUT2D eigenvalue weighted by Gasteiger charge is 2.12. The van der Waals surface area contributed by atoms with Crippen molar-refractivity contribution in [3.05, 3.63) is 48.1 Å². The average Bonchev–Trinajstić information content (AvgIpc) is 3.01. The number of para-hydroxylation sites is 1. The predicted octanol–water partition coefficient (Wildman–Crippen LogP) is 3.32. The normalized spacial score (nSPS) is 10.7. The van der Waals surface area contributed by atoms with E-state index in [2.05, 4.69) is 15.0 Å². The minimum Gasteiger partial charge on any atom is -0.496 e. The maximum absolute atomic E-state index is 5.80. The van der Waals surface area contributed by atoms with Crippen molar-refractivity contribution >= 4 is 17.6 Å². The molecule has 2 aromatic heterocycles. The third-order valence-electron chi connectivity index (χ3n) is 3.10. The summed E-state index contributed by atoms with van der Waals surface area (Å²) in [7, 11) is 1.63. The van der Waals surface area contributed by atoms with Gasteiger partial charge in [-0.25, -0.2) is 15.0 Å². The second-order valence-corrected chi connectivity index (χ2v) is 5.77. The summed E-state index contributed by atoms with van der Waals surface area (Å²) in [6, 6.07) is 9.39. The number of nitrogens with two attached hydrogens (primary N) is 1. The zero-order valence-electron chi connectivity index (χ0n) is 12.8. The van der Waals surface area contributed by atoms with E-state index in [1.54, 1.807) is 19.4 Å². The van der Waals surface area contributed by atoms with Crippen LogP contribution in [0.2, 0.25) is 0 Å². The molecule has 0 aliphatic carbocycles. The lowest BCUT2D eigenvalue weighted by Crippen LogP contribution is -1.96. The van der Waals surface area contributed by atoms with Gasteiger partial charge in [-0.15, -0.1) is 0 Å².